The van der Waals surface area contributed by atoms with E-state index < -0.39 is 22.2 Å². The van der Waals surface area contributed by atoms with Crippen LogP contribution in [0.25, 0.3) is 0 Å². The molecular formula is C14H18FNO6S. The van der Waals surface area contributed by atoms with Crippen molar-refractivity contribution in [2.24, 2.45) is 0 Å². The second kappa shape index (κ2) is 6.53. The Hall–Kier alpha value is -2.16. The number of ether oxygens (including phenoxy) is 1. The second-order valence-corrected chi connectivity index (χ2v) is 6.74. The third-order valence-corrected chi connectivity index (χ3v) is 3.13. The average Bonchev–Trinajstić information content (AvgIpc) is 2.36. The Labute approximate surface area is 134 Å². The van der Waals surface area contributed by atoms with E-state index in [9.17, 15) is 21.9 Å². The van der Waals surface area contributed by atoms with Crippen molar-refractivity contribution in [3.8, 4) is 5.75 Å². The first kappa shape index (κ1) is 18.9. The van der Waals surface area contributed by atoms with Gasteiger partial charge in [0.25, 0.3) is 0 Å². The van der Waals surface area contributed by atoms with E-state index in [0.717, 1.165) is 11.0 Å². The van der Waals surface area contributed by atoms with Crippen LogP contribution in [0.2, 0.25) is 0 Å². The summed E-state index contributed by atoms with van der Waals surface area (Å²) in [6.45, 7) is 6.42. The van der Waals surface area contributed by atoms with E-state index in [1.54, 1.807) is 20.8 Å². The van der Waals surface area contributed by atoms with E-state index in [-0.39, 0.29) is 22.6 Å². The standard InChI is InChI=1S/C14H18FNO6S/c1-9-10(8-17)6-11(7-12(9)22-23(15,19)20)16(5)13(18)21-14(2,3)4/h6-8H,1-5H3. The third kappa shape index (κ3) is 5.51. The van der Waals surface area contributed by atoms with Crippen molar-refractivity contribution >= 4 is 28.6 Å². The highest BCUT2D eigenvalue weighted by Crippen LogP contribution is 2.30. The summed E-state index contributed by atoms with van der Waals surface area (Å²) in [5.41, 5.74) is -0.449. The minimum absolute atomic E-state index is 0.0524. The van der Waals surface area contributed by atoms with Gasteiger partial charge in [-0.15, -0.1) is 0 Å². The summed E-state index contributed by atoms with van der Waals surface area (Å²) >= 11 is 0. The number of benzene rings is 1. The quantitative estimate of drug-likeness (QED) is 0.614. The highest BCUT2D eigenvalue weighted by molar-refractivity contribution is 7.81. The first-order valence-corrected chi connectivity index (χ1v) is 7.85. The van der Waals surface area contributed by atoms with Gasteiger partial charge in [0, 0.05) is 24.2 Å². The van der Waals surface area contributed by atoms with Crippen molar-refractivity contribution in [1.82, 2.24) is 0 Å². The Bertz CT molecular complexity index is 724. The Morgan fingerprint density at radius 2 is 1.87 bits per heavy atom. The average molecular weight is 347 g/mol. The molecule has 0 N–H and O–H groups in total. The van der Waals surface area contributed by atoms with Gasteiger partial charge in [0.2, 0.25) is 0 Å². The van der Waals surface area contributed by atoms with Crippen molar-refractivity contribution in [3.05, 3.63) is 23.3 Å². The SMILES string of the molecule is Cc1c(C=O)cc(N(C)C(=O)OC(C)(C)C)cc1OS(=O)(=O)F. The first-order valence-electron chi connectivity index (χ1n) is 6.54. The predicted octanol–water partition coefficient (Wildman–Crippen LogP) is 2.77. The smallest absolute Gasteiger partial charge is 0.443 e. The molecule has 0 aliphatic rings. The molecule has 0 saturated heterocycles. The van der Waals surface area contributed by atoms with E-state index in [2.05, 4.69) is 4.18 Å². The van der Waals surface area contributed by atoms with Crippen LogP contribution in [-0.4, -0.2) is 33.4 Å². The zero-order valence-corrected chi connectivity index (χ0v) is 14.2. The normalized spacial score (nSPS) is 11.7. The van der Waals surface area contributed by atoms with Crippen LogP contribution in [-0.2, 0) is 15.2 Å². The number of rotatable bonds is 4. The van der Waals surface area contributed by atoms with Gasteiger partial charge in [-0.3, -0.25) is 9.69 Å². The lowest BCUT2D eigenvalue weighted by atomic mass is 10.1. The van der Waals surface area contributed by atoms with Gasteiger partial charge in [-0.25, -0.2) is 4.79 Å². The molecule has 0 saturated carbocycles. The predicted molar refractivity (Wildman–Crippen MR) is 81.9 cm³/mol. The summed E-state index contributed by atoms with van der Waals surface area (Å²) < 4.78 is 43.5. The minimum atomic E-state index is -5.27. The largest absolute Gasteiger partial charge is 0.488 e. The van der Waals surface area contributed by atoms with Crippen molar-refractivity contribution in [3.63, 3.8) is 0 Å². The molecule has 0 atom stereocenters. The van der Waals surface area contributed by atoms with Crippen molar-refractivity contribution in [1.29, 1.82) is 0 Å². The molecule has 1 amide bonds. The number of aldehydes is 1. The summed E-state index contributed by atoms with van der Waals surface area (Å²) in [6, 6.07) is 2.47. The molecule has 0 fully saturated rings. The van der Waals surface area contributed by atoms with Gasteiger partial charge in [0.05, 0.1) is 5.69 Å². The fourth-order valence-electron chi connectivity index (χ4n) is 1.64. The van der Waals surface area contributed by atoms with Crippen LogP contribution < -0.4 is 9.08 Å². The summed E-state index contributed by atoms with van der Waals surface area (Å²) in [6.07, 6.45) is -0.285. The Balaban J connectivity index is 3.28. The molecule has 0 aliphatic heterocycles. The molecule has 0 unspecified atom stereocenters. The molecule has 1 rings (SSSR count). The lowest BCUT2D eigenvalue weighted by Crippen LogP contribution is -2.34. The van der Waals surface area contributed by atoms with Gasteiger partial charge in [-0.1, -0.05) is 3.89 Å². The molecule has 1 aromatic rings. The molecule has 0 aromatic heterocycles. The molecule has 1 aromatic carbocycles. The van der Waals surface area contributed by atoms with E-state index in [1.807, 2.05) is 0 Å². The molecule has 128 valence electrons. The van der Waals surface area contributed by atoms with Crippen LogP contribution in [0.15, 0.2) is 12.1 Å². The van der Waals surface area contributed by atoms with Gasteiger partial charge in [0.15, 0.2) is 12.0 Å². The Kier molecular flexibility index (Phi) is 5.36. The summed E-state index contributed by atoms with van der Waals surface area (Å²) in [4.78, 5) is 24.2. The maximum absolute atomic E-state index is 12.8. The van der Waals surface area contributed by atoms with Crippen molar-refractivity contribution < 1.29 is 30.8 Å². The number of anilines is 1. The molecule has 0 bridgehead atoms. The maximum atomic E-state index is 12.8. The summed E-state index contributed by atoms with van der Waals surface area (Å²) in [7, 11) is -3.90. The van der Waals surface area contributed by atoms with Gasteiger partial charge < -0.3 is 8.92 Å². The number of hydrogen-bond donors (Lipinski definition) is 0. The van der Waals surface area contributed by atoms with E-state index in [1.165, 1.54) is 20.0 Å². The number of hydrogen-bond acceptors (Lipinski definition) is 6. The maximum Gasteiger partial charge on any atom is 0.488 e. The lowest BCUT2D eigenvalue weighted by Gasteiger charge is -2.25. The van der Waals surface area contributed by atoms with Crippen LogP contribution in [0.1, 0.15) is 36.7 Å². The van der Waals surface area contributed by atoms with Crippen LogP contribution in [0.3, 0.4) is 0 Å². The highest BCUT2D eigenvalue weighted by atomic mass is 32.3. The number of nitrogens with zero attached hydrogens (tertiary/aromatic N) is 1. The molecular weight excluding hydrogens is 329 g/mol. The fraction of sp³-hybridized carbons (Fsp3) is 0.429. The van der Waals surface area contributed by atoms with Gasteiger partial charge in [-0.05, 0) is 33.8 Å². The molecule has 7 nitrogen and oxygen atoms in total. The van der Waals surface area contributed by atoms with E-state index in [0.29, 0.717) is 6.29 Å². The molecule has 0 spiro atoms. The lowest BCUT2D eigenvalue weighted by molar-refractivity contribution is 0.0589. The molecule has 9 heteroatoms. The topological polar surface area (TPSA) is 90.0 Å². The minimum Gasteiger partial charge on any atom is -0.443 e. The van der Waals surface area contributed by atoms with Gasteiger partial charge >= 0.3 is 16.6 Å². The summed E-state index contributed by atoms with van der Waals surface area (Å²) in [5, 5.41) is 0. The Morgan fingerprint density at radius 1 is 1.30 bits per heavy atom. The van der Waals surface area contributed by atoms with Crippen LogP contribution in [0.5, 0.6) is 5.75 Å². The zero-order chi connectivity index (χ0) is 18.0. The first-order chi connectivity index (χ1) is 10.3. The number of amides is 1. The van der Waals surface area contributed by atoms with E-state index in [4.69, 9.17) is 4.74 Å². The summed E-state index contributed by atoms with van der Waals surface area (Å²) in [5.74, 6) is -0.387. The molecule has 23 heavy (non-hydrogen) atoms. The monoisotopic (exact) mass is 347 g/mol. The van der Waals surface area contributed by atoms with Crippen LogP contribution in [0, 0.1) is 6.92 Å². The van der Waals surface area contributed by atoms with Crippen LogP contribution in [0.4, 0.5) is 14.4 Å². The second-order valence-electron chi connectivity index (χ2n) is 5.79. The third-order valence-electron chi connectivity index (χ3n) is 2.76. The van der Waals surface area contributed by atoms with Crippen molar-refractivity contribution in [2.75, 3.05) is 11.9 Å². The van der Waals surface area contributed by atoms with Gasteiger partial charge in [-0.2, -0.15) is 8.42 Å². The molecule has 0 radical (unpaired) electrons. The van der Waals surface area contributed by atoms with Crippen molar-refractivity contribution in [2.45, 2.75) is 33.3 Å². The molecule has 0 aliphatic carbocycles. The molecule has 0 heterocycles. The highest BCUT2D eigenvalue weighted by Gasteiger charge is 2.23. The number of carbonyl (C=O) groups excluding carboxylic acids is 2. The number of halogens is 1. The van der Waals surface area contributed by atoms with Gasteiger partial charge in [0.1, 0.15) is 5.60 Å². The Morgan fingerprint density at radius 3 is 2.30 bits per heavy atom. The fourth-order valence-corrected chi connectivity index (χ4v) is 2.03. The number of carbonyl (C=O) groups is 2. The van der Waals surface area contributed by atoms with Crippen LogP contribution >= 0.6 is 0 Å². The zero-order valence-electron chi connectivity index (χ0n) is 13.4. The van der Waals surface area contributed by atoms with E-state index >= 15 is 0 Å².